The van der Waals surface area contributed by atoms with E-state index in [2.05, 4.69) is 16.9 Å². The predicted octanol–water partition coefficient (Wildman–Crippen LogP) is 1.66. The van der Waals surface area contributed by atoms with Gasteiger partial charge in [-0.3, -0.25) is 4.79 Å². The zero-order valence-electron chi connectivity index (χ0n) is 9.63. The summed E-state index contributed by atoms with van der Waals surface area (Å²) in [4.78, 5) is 23.2. The molecule has 4 atom stereocenters. The number of carbonyl (C=O) groups is 2. The van der Waals surface area contributed by atoms with Crippen molar-refractivity contribution in [1.29, 1.82) is 0 Å². The summed E-state index contributed by atoms with van der Waals surface area (Å²) in [6.07, 6.45) is 10.4. The monoisotopic (exact) mass is 230 g/mol. The number of hydrogen-bond acceptors (Lipinski definition) is 3. The van der Waals surface area contributed by atoms with Gasteiger partial charge in [0.2, 0.25) is 0 Å². The van der Waals surface area contributed by atoms with Crippen molar-refractivity contribution < 1.29 is 14.3 Å². The molecule has 0 amide bonds. The van der Waals surface area contributed by atoms with Crippen LogP contribution in [0.1, 0.15) is 6.42 Å². The van der Waals surface area contributed by atoms with Gasteiger partial charge in [0.1, 0.15) is 0 Å². The highest BCUT2D eigenvalue weighted by Crippen LogP contribution is 2.52. The number of hydrogen-bond donors (Lipinski definition) is 0. The molecule has 0 aromatic carbocycles. The van der Waals surface area contributed by atoms with Crippen LogP contribution in [0.4, 0.5) is 0 Å². The van der Waals surface area contributed by atoms with Gasteiger partial charge in [0, 0.05) is 17.6 Å². The van der Waals surface area contributed by atoms with Crippen LogP contribution in [0.5, 0.6) is 0 Å². The second kappa shape index (κ2) is 3.69. The van der Waals surface area contributed by atoms with Gasteiger partial charge in [-0.15, -0.1) is 0 Å². The normalized spacial score (nSPS) is 37.7. The summed E-state index contributed by atoms with van der Waals surface area (Å²) in [5, 5.41) is 0. The zero-order valence-corrected chi connectivity index (χ0v) is 9.63. The molecule has 17 heavy (non-hydrogen) atoms. The molecule has 0 N–H and O–H groups in total. The first-order chi connectivity index (χ1) is 8.20. The third-order valence-electron chi connectivity index (χ3n) is 4.08. The summed E-state index contributed by atoms with van der Waals surface area (Å²) in [5.74, 6) is 1.19. The number of methoxy groups -OCH3 is 1. The number of carbonyl (C=O) groups excluding carboxylic acids is 2. The summed E-state index contributed by atoms with van der Waals surface area (Å²) >= 11 is 0. The SMILES string of the molecule is COC(=O)/C=C/C1=C[C@@H]2[C@H](C1=O)[C@@H]1C=C[C@H]2C1. The van der Waals surface area contributed by atoms with E-state index in [1.165, 1.54) is 13.2 Å². The molecule has 3 nitrogen and oxygen atoms in total. The van der Waals surface area contributed by atoms with Crippen LogP contribution >= 0.6 is 0 Å². The lowest BCUT2D eigenvalue weighted by atomic mass is 9.85. The van der Waals surface area contributed by atoms with E-state index in [9.17, 15) is 9.59 Å². The molecule has 0 aliphatic heterocycles. The molecule has 88 valence electrons. The van der Waals surface area contributed by atoms with Crippen LogP contribution in [-0.4, -0.2) is 18.9 Å². The maximum absolute atomic E-state index is 12.2. The van der Waals surface area contributed by atoms with Crippen LogP contribution in [0.25, 0.3) is 0 Å². The lowest BCUT2D eigenvalue weighted by molar-refractivity contribution is -0.134. The minimum absolute atomic E-state index is 0.127. The molecule has 0 aromatic heterocycles. The van der Waals surface area contributed by atoms with Crippen LogP contribution < -0.4 is 0 Å². The maximum Gasteiger partial charge on any atom is 0.330 e. The zero-order chi connectivity index (χ0) is 12.0. The van der Waals surface area contributed by atoms with Crippen molar-refractivity contribution in [2.45, 2.75) is 6.42 Å². The van der Waals surface area contributed by atoms with Gasteiger partial charge >= 0.3 is 5.97 Å². The van der Waals surface area contributed by atoms with Crippen molar-refractivity contribution >= 4 is 11.8 Å². The smallest absolute Gasteiger partial charge is 0.330 e. The first kappa shape index (κ1) is 10.5. The van der Waals surface area contributed by atoms with Crippen molar-refractivity contribution in [3.05, 3.63) is 36.0 Å². The Hall–Kier alpha value is -1.64. The standard InChI is InChI=1S/C14H14O3/c1-17-12(15)5-4-10-7-11-8-2-3-9(6-8)13(11)14(10)16/h2-5,7-9,11,13H,6H2,1H3/b5-4+/t8-,9+,11-,13+/m0/s1. The molecule has 3 rings (SSSR count). The quantitative estimate of drug-likeness (QED) is 0.411. The topological polar surface area (TPSA) is 43.4 Å². The Morgan fingerprint density at radius 3 is 2.88 bits per heavy atom. The number of Topliss-reactive ketones (excluding diaryl/α,β-unsaturated/α-hetero) is 1. The second-order valence-electron chi connectivity index (χ2n) is 4.89. The van der Waals surface area contributed by atoms with Crippen LogP contribution in [0.15, 0.2) is 36.0 Å². The van der Waals surface area contributed by atoms with E-state index in [-0.39, 0.29) is 11.7 Å². The molecule has 0 radical (unpaired) electrons. The highest BCUT2D eigenvalue weighted by atomic mass is 16.5. The van der Waals surface area contributed by atoms with Gasteiger partial charge in [0.15, 0.2) is 5.78 Å². The van der Waals surface area contributed by atoms with Gasteiger partial charge in [-0.25, -0.2) is 4.79 Å². The first-order valence-electron chi connectivity index (χ1n) is 5.91. The number of allylic oxidation sites excluding steroid dienone is 5. The Morgan fingerprint density at radius 1 is 1.41 bits per heavy atom. The van der Waals surface area contributed by atoms with Crippen LogP contribution in [0, 0.1) is 23.7 Å². The molecular formula is C14H14O3. The number of esters is 1. The fraction of sp³-hybridized carbons (Fsp3) is 0.429. The number of rotatable bonds is 2. The second-order valence-corrected chi connectivity index (χ2v) is 4.89. The number of ether oxygens (including phenoxy) is 1. The largest absolute Gasteiger partial charge is 0.466 e. The molecule has 3 aliphatic carbocycles. The summed E-state index contributed by atoms with van der Waals surface area (Å²) in [6.45, 7) is 0. The molecule has 3 heteroatoms. The molecule has 1 saturated carbocycles. The summed E-state index contributed by atoms with van der Waals surface area (Å²) < 4.78 is 4.52. The van der Waals surface area contributed by atoms with E-state index in [0.717, 1.165) is 6.42 Å². The van der Waals surface area contributed by atoms with Gasteiger partial charge in [-0.1, -0.05) is 18.2 Å². The molecule has 2 bridgehead atoms. The van der Waals surface area contributed by atoms with Crippen molar-refractivity contribution in [3.63, 3.8) is 0 Å². The van der Waals surface area contributed by atoms with Crippen molar-refractivity contribution in [2.75, 3.05) is 7.11 Å². The number of ketones is 1. The van der Waals surface area contributed by atoms with Crippen LogP contribution in [-0.2, 0) is 14.3 Å². The van der Waals surface area contributed by atoms with Gasteiger partial charge in [0.25, 0.3) is 0 Å². The van der Waals surface area contributed by atoms with Crippen LogP contribution in [0.3, 0.4) is 0 Å². The molecule has 0 spiro atoms. The lowest BCUT2D eigenvalue weighted by Crippen LogP contribution is -2.20. The summed E-state index contributed by atoms with van der Waals surface area (Å²) in [5.41, 5.74) is 0.670. The Labute approximate surface area is 99.8 Å². The summed E-state index contributed by atoms with van der Waals surface area (Å²) in [6, 6.07) is 0. The van der Waals surface area contributed by atoms with E-state index in [0.29, 0.717) is 23.3 Å². The van der Waals surface area contributed by atoms with Crippen molar-refractivity contribution in [1.82, 2.24) is 0 Å². The van der Waals surface area contributed by atoms with E-state index in [4.69, 9.17) is 0 Å². The van der Waals surface area contributed by atoms with E-state index >= 15 is 0 Å². The minimum Gasteiger partial charge on any atom is -0.466 e. The summed E-state index contributed by atoms with van der Waals surface area (Å²) in [7, 11) is 1.33. The van der Waals surface area contributed by atoms with Gasteiger partial charge in [-0.2, -0.15) is 0 Å². The Balaban J connectivity index is 1.81. The number of fused-ring (bicyclic) bond motifs is 5. The third kappa shape index (κ3) is 1.49. The highest BCUT2D eigenvalue weighted by Gasteiger charge is 2.50. The highest BCUT2D eigenvalue weighted by molar-refractivity contribution is 6.04. The van der Waals surface area contributed by atoms with Gasteiger partial charge < -0.3 is 4.74 Å². The fourth-order valence-corrected chi connectivity index (χ4v) is 3.30. The predicted molar refractivity (Wildman–Crippen MR) is 62.0 cm³/mol. The Morgan fingerprint density at radius 2 is 2.18 bits per heavy atom. The van der Waals surface area contributed by atoms with Crippen molar-refractivity contribution in [2.24, 2.45) is 23.7 Å². The van der Waals surface area contributed by atoms with Crippen LogP contribution in [0.2, 0.25) is 0 Å². The Kier molecular flexibility index (Phi) is 2.28. The van der Waals surface area contributed by atoms with E-state index < -0.39 is 5.97 Å². The average Bonchev–Trinajstić information content (AvgIpc) is 2.99. The molecule has 0 saturated heterocycles. The molecular weight excluding hydrogens is 216 g/mol. The third-order valence-corrected chi connectivity index (χ3v) is 4.08. The van der Waals surface area contributed by atoms with Gasteiger partial charge in [-0.05, 0) is 30.3 Å². The molecule has 1 fully saturated rings. The Bertz CT molecular complexity index is 470. The average molecular weight is 230 g/mol. The van der Waals surface area contributed by atoms with E-state index in [1.807, 2.05) is 6.08 Å². The minimum atomic E-state index is -0.420. The first-order valence-corrected chi connectivity index (χ1v) is 5.91. The molecule has 3 aliphatic rings. The lowest BCUT2D eigenvalue weighted by Gasteiger charge is -2.17. The molecule has 0 aromatic rings. The van der Waals surface area contributed by atoms with E-state index in [1.54, 1.807) is 6.08 Å². The van der Waals surface area contributed by atoms with Gasteiger partial charge in [0.05, 0.1) is 7.11 Å². The molecule has 0 heterocycles. The molecule has 0 unspecified atom stereocenters. The fourth-order valence-electron chi connectivity index (χ4n) is 3.30. The van der Waals surface area contributed by atoms with Crippen molar-refractivity contribution in [3.8, 4) is 0 Å². The maximum atomic E-state index is 12.2.